The van der Waals surface area contributed by atoms with E-state index in [-0.39, 0.29) is 5.57 Å². The first-order valence-corrected chi connectivity index (χ1v) is 5.12. The molecule has 0 unspecified atom stereocenters. The number of benzene rings is 1. The van der Waals surface area contributed by atoms with E-state index in [1.807, 2.05) is 0 Å². The van der Waals surface area contributed by atoms with Gasteiger partial charge in [0, 0.05) is 10.6 Å². The number of methoxy groups -OCH3 is 2. The van der Waals surface area contributed by atoms with Gasteiger partial charge in [-0.2, -0.15) is 0 Å². The van der Waals surface area contributed by atoms with Crippen molar-refractivity contribution in [3.05, 3.63) is 40.1 Å². The first-order valence-electron chi connectivity index (χ1n) is 4.37. The third-order valence-corrected chi connectivity index (χ3v) is 2.41. The predicted molar refractivity (Wildman–Crippen MR) is 63.5 cm³/mol. The summed E-state index contributed by atoms with van der Waals surface area (Å²) in [5, 5.41) is 0.858. The lowest BCUT2D eigenvalue weighted by Gasteiger charge is -2.07. The monoisotopic (exact) mass is 260 g/mol. The summed E-state index contributed by atoms with van der Waals surface area (Å²) in [4.78, 5) is 11.5. The molecule has 1 aromatic rings. The molecule has 0 aliphatic heterocycles. The van der Waals surface area contributed by atoms with Crippen LogP contribution in [0.5, 0.6) is 0 Å². The Morgan fingerprint density at radius 1 is 1.31 bits per heavy atom. The minimum Gasteiger partial charge on any atom is -0.503 e. The van der Waals surface area contributed by atoms with Crippen LogP contribution in [0.2, 0.25) is 10.0 Å². The van der Waals surface area contributed by atoms with Crippen molar-refractivity contribution < 1.29 is 14.3 Å². The number of esters is 1. The molecule has 0 aliphatic carbocycles. The third-order valence-electron chi connectivity index (χ3n) is 1.86. The maximum atomic E-state index is 11.5. The second-order valence-corrected chi connectivity index (χ2v) is 3.73. The van der Waals surface area contributed by atoms with E-state index < -0.39 is 5.97 Å². The molecule has 0 aliphatic rings. The Bertz CT molecular complexity index is 427. The number of ether oxygens (including phenoxy) is 2. The molecule has 5 heteroatoms. The molecule has 86 valence electrons. The van der Waals surface area contributed by atoms with Crippen LogP contribution in [-0.4, -0.2) is 20.2 Å². The van der Waals surface area contributed by atoms with Gasteiger partial charge in [0.05, 0.1) is 25.5 Å². The lowest BCUT2D eigenvalue weighted by atomic mass is 10.1. The fraction of sp³-hybridized carbons (Fsp3) is 0.182. The second-order valence-electron chi connectivity index (χ2n) is 2.88. The summed E-state index contributed by atoms with van der Waals surface area (Å²) in [6.45, 7) is 0. The number of carbonyl (C=O) groups is 1. The number of hydrogen-bond acceptors (Lipinski definition) is 3. The molecular formula is C11H10Cl2O3. The highest BCUT2D eigenvalue weighted by molar-refractivity contribution is 6.37. The Kier molecular flexibility index (Phi) is 4.65. The van der Waals surface area contributed by atoms with Crippen LogP contribution in [0, 0.1) is 0 Å². The fourth-order valence-electron chi connectivity index (χ4n) is 1.16. The molecule has 0 N–H and O–H groups in total. The van der Waals surface area contributed by atoms with Gasteiger partial charge in [-0.15, -0.1) is 0 Å². The number of carbonyl (C=O) groups excluding carboxylic acids is 1. The van der Waals surface area contributed by atoms with Gasteiger partial charge in [0.15, 0.2) is 0 Å². The SMILES string of the molecule is CO/C=C(\C(=O)OC)c1ccc(Cl)cc1Cl. The number of halogens is 2. The van der Waals surface area contributed by atoms with Gasteiger partial charge in [-0.25, -0.2) is 4.79 Å². The third kappa shape index (κ3) is 2.90. The zero-order valence-corrected chi connectivity index (χ0v) is 10.3. The van der Waals surface area contributed by atoms with Crippen LogP contribution in [0.1, 0.15) is 5.56 Å². The van der Waals surface area contributed by atoms with Crippen LogP contribution < -0.4 is 0 Å². The van der Waals surface area contributed by atoms with Crippen molar-refractivity contribution in [3.8, 4) is 0 Å². The number of hydrogen-bond donors (Lipinski definition) is 0. The summed E-state index contributed by atoms with van der Waals surface area (Å²) in [6.07, 6.45) is 1.28. The van der Waals surface area contributed by atoms with Crippen molar-refractivity contribution >= 4 is 34.7 Å². The second kappa shape index (κ2) is 5.77. The zero-order chi connectivity index (χ0) is 12.1. The smallest absolute Gasteiger partial charge is 0.341 e. The van der Waals surface area contributed by atoms with E-state index in [4.69, 9.17) is 27.9 Å². The van der Waals surface area contributed by atoms with E-state index in [1.165, 1.54) is 20.5 Å². The quantitative estimate of drug-likeness (QED) is 0.476. The van der Waals surface area contributed by atoms with Gasteiger partial charge in [-0.1, -0.05) is 29.3 Å². The largest absolute Gasteiger partial charge is 0.503 e. The summed E-state index contributed by atoms with van der Waals surface area (Å²) >= 11 is 11.7. The maximum Gasteiger partial charge on any atom is 0.341 e. The Labute approximate surface area is 104 Å². The van der Waals surface area contributed by atoms with Crippen LogP contribution >= 0.6 is 23.2 Å². The average Bonchev–Trinajstić information content (AvgIpc) is 2.26. The van der Waals surface area contributed by atoms with E-state index in [1.54, 1.807) is 18.2 Å². The predicted octanol–water partition coefficient (Wildman–Crippen LogP) is 3.15. The van der Waals surface area contributed by atoms with E-state index in [0.717, 1.165) is 0 Å². The van der Waals surface area contributed by atoms with Crippen molar-refractivity contribution in [2.24, 2.45) is 0 Å². The zero-order valence-electron chi connectivity index (χ0n) is 8.79. The summed E-state index contributed by atoms with van der Waals surface area (Å²) in [5.74, 6) is -0.522. The normalized spacial score (nSPS) is 11.1. The highest BCUT2D eigenvalue weighted by Crippen LogP contribution is 2.27. The van der Waals surface area contributed by atoms with Crippen LogP contribution in [0.15, 0.2) is 24.5 Å². The Morgan fingerprint density at radius 2 is 2.00 bits per heavy atom. The van der Waals surface area contributed by atoms with Crippen molar-refractivity contribution in [1.29, 1.82) is 0 Å². The van der Waals surface area contributed by atoms with Crippen molar-refractivity contribution in [2.75, 3.05) is 14.2 Å². The van der Waals surface area contributed by atoms with E-state index >= 15 is 0 Å². The molecule has 0 aromatic heterocycles. The maximum absolute atomic E-state index is 11.5. The molecular weight excluding hydrogens is 251 g/mol. The average molecular weight is 261 g/mol. The van der Waals surface area contributed by atoms with Gasteiger partial charge in [0.1, 0.15) is 5.57 Å². The molecule has 0 bridgehead atoms. The van der Waals surface area contributed by atoms with E-state index in [9.17, 15) is 4.79 Å². The molecule has 0 spiro atoms. The highest BCUT2D eigenvalue weighted by atomic mass is 35.5. The summed E-state index contributed by atoms with van der Waals surface area (Å²) < 4.78 is 9.44. The molecule has 0 atom stereocenters. The molecule has 16 heavy (non-hydrogen) atoms. The molecule has 0 saturated heterocycles. The van der Waals surface area contributed by atoms with E-state index in [2.05, 4.69) is 4.74 Å². The van der Waals surface area contributed by atoms with Gasteiger partial charge in [0.25, 0.3) is 0 Å². The van der Waals surface area contributed by atoms with Gasteiger partial charge in [-0.05, 0) is 12.1 Å². The molecule has 0 amide bonds. The first-order chi connectivity index (χ1) is 7.60. The molecule has 0 fully saturated rings. The fourth-order valence-corrected chi connectivity index (χ4v) is 1.67. The highest BCUT2D eigenvalue weighted by Gasteiger charge is 2.16. The molecule has 1 rings (SSSR count). The standard InChI is InChI=1S/C11H10Cl2O3/c1-15-6-9(11(14)16-2)8-4-3-7(12)5-10(8)13/h3-6H,1-2H3/b9-6-. The molecule has 0 saturated carbocycles. The van der Waals surface area contributed by atoms with E-state index in [0.29, 0.717) is 15.6 Å². The van der Waals surface area contributed by atoms with Crippen LogP contribution in [-0.2, 0) is 14.3 Å². The lowest BCUT2D eigenvalue weighted by molar-refractivity contribution is -0.133. The van der Waals surface area contributed by atoms with Crippen molar-refractivity contribution in [3.63, 3.8) is 0 Å². The Balaban J connectivity index is 3.22. The van der Waals surface area contributed by atoms with Crippen molar-refractivity contribution in [1.82, 2.24) is 0 Å². The Hall–Kier alpha value is -1.19. The minimum absolute atomic E-state index is 0.242. The minimum atomic E-state index is -0.522. The molecule has 3 nitrogen and oxygen atoms in total. The summed E-state index contributed by atoms with van der Waals surface area (Å²) in [7, 11) is 2.72. The lowest BCUT2D eigenvalue weighted by Crippen LogP contribution is -2.04. The van der Waals surface area contributed by atoms with Gasteiger partial charge < -0.3 is 9.47 Å². The van der Waals surface area contributed by atoms with Gasteiger partial charge in [-0.3, -0.25) is 0 Å². The van der Waals surface area contributed by atoms with Gasteiger partial charge in [0.2, 0.25) is 0 Å². The van der Waals surface area contributed by atoms with Crippen LogP contribution in [0.4, 0.5) is 0 Å². The van der Waals surface area contributed by atoms with Crippen LogP contribution in [0.25, 0.3) is 5.57 Å². The Morgan fingerprint density at radius 3 is 2.50 bits per heavy atom. The van der Waals surface area contributed by atoms with Crippen molar-refractivity contribution in [2.45, 2.75) is 0 Å². The molecule has 1 aromatic carbocycles. The molecule has 0 radical (unpaired) electrons. The first kappa shape index (κ1) is 12.9. The molecule has 0 heterocycles. The van der Waals surface area contributed by atoms with Gasteiger partial charge >= 0.3 is 5.97 Å². The topological polar surface area (TPSA) is 35.5 Å². The number of rotatable bonds is 3. The summed E-state index contributed by atoms with van der Waals surface area (Å²) in [6, 6.07) is 4.81. The summed E-state index contributed by atoms with van der Waals surface area (Å²) in [5.41, 5.74) is 0.756. The van der Waals surface area contributed by atoms with Crippen LogP contribution in [0.3, 0.4) is 0 Å².